The summed E-state index contributed by atoms with van der Waals surface area (Å²) < 4.78 is 18.3. The summed E-state index contributed by atoms with van der Waals surface area (Å²) in [4.78, 5) is 13.1. The van der Waals surface area contributed by atoms with Crippen molar-refractivity contribution in [3.8, 4) is 5.69 Å². The second-order valence-electron chi connectivity index (χ2n) is 6.87. The molecular formula is C23H17FN4OS. The van der Waals surface area contributed by atoms with Gasteiger partial charge in [-0.1, -0.05) is 12.1 Å². The van der Waals surface area contributed by atoms with Crippen LogP contribution in [0.25, 0.3) is 15.9 Å². The first-order valence-electron chi connectivity index (χ1n) is 9.40. The van der Waals surface area contributed by atoms with Crippen LogP contribution < -0.4 is 5.32 Å². The Morgan fingerprint density at radius 1 is 1.07 bits per heavy atom. The number of halogens is 1. The summed E-state index contributed by atoms with van der Waals surface area (Å²) in [5.74, 6) is -0.494. The molecule has 3 aromatic heterocycles. The Morgan fingerprint density at radius 3 is 2.70 bits per heavy atom. The van der Waals surface area contributed by atoms with Crippen LogP contribution >= 0.6 is 11.3 Å². The van der Waals surface area contributed by atoms with Gasteiger partial charge >= 0.3 is 0 Å². The molecule has 0 spiro atoms. The molecule has 0 aliphatic rings. The number of carbonyl (C=O) groups is 1. The number of thiophene rings is 1. The van der Waals surface area contributed by atoms with E-state index in [2.05, 4.69) is 10.4 Å². The summed E-state index contributed by atoms with van der Waals surface area (Å²) in [7, 11) is 0. The van der Waals surface area contributed by atoms with Gasteiger partial charge in [0.05, 0.1) is 15.9 Å². The molecule has 0 fully saturated rings. The van der Waals surface area contributed by atoms with Crippen molar-refractivity contribution < 1.29 is 9.18 Å². The Morgan fingerprint density at radius 2 is 1.93 bits per heavy atom. The Bertz CT molecular complexity index is 1320. The monoisotopic (exact) mass is 416 g/mol. The number of hydrogen-bond acceptors (Lipinski definition) is 3. The van der Waals surface area contributed by atoms with E-state index < -0.39 is 0 Å². The summed E-state index contributed by atoms with van der Waals surface area (Å²) in [6.07, 6.45) is 3.58. The van der Waals surface area contributed by atoms with Gasteiger partial charge in [0.2, 0.25) is 0 Å². The van der Waals surface area contributed by atoms with Crippen LogP contribution in [0, 0.1) is 5.82 Å². The molecule has 30 heavy (non-hydrogen) atoms. The van der Waals surface area contributed by atoms with E-state index >= 15 is 0 Å². The zero-order chi connectivity index (χ0) is 20.5. The molecule has 0 unspecified atom stereocenters. The lowest BCUT2D eigenvalue weighted by atomic mass is 10.2. The second-order valence-corrected chi connectivity index (χ2v) is 7.82. The molecule has 1 N–H and O–H groups in total. The topological polar surface area (TPSA) is 51.9 Å². The van der Waals surface area contributed by atoms with Gasteiger partial charge in [0, 0.05) is 24.6 Å². The molecule has 0 saturated heterocycles. The van der Waals surface area contributed by atoms with Crippen molar-refractivity contribution in [3.63, 3.8) is 0 Å². The molecule has 0 bridgehead atoms. The highest BCUT2D eigenvalue weighted by Crippen LogP contribution is 2.27. The minimum absolute atomic E-state index is 0.207. The van der Waals surface area contributed by atoms with Gasteiger partial charge < -0.3 is 9.88 Å². The molecule has 7 heteroatoms. The average Bonchev–Trinajstić information content (AvgIpc) is 3.48. The van der Waals surface area contributed by atoms with Crippen molar-refractivity contribution in [1.82, 2.24) is 14.3 Å². The number of fused-ring (bicyclic) bond motifs is 1. The van der Waals surface area contributed by atoms with Gasteiger partial charge in [-0.2, -0.15) is 5.10 Å². The lowest BCUT2D eigenvalue weighted by Gasteiger charge is -2.12. The summed E-state index contributed by atoms with van der Waals surface area (Å²) in [5, 5.41) is 9.15. The molecule has 5 aromatic rings. The van der Waals surface area contributed by atoms with Crippen LogP contribution in [-0.4, -0.2) is 20.3 Å². The Labute approximate surface area is 176 Å². The van der Waals surface area contributed by atoms with Gasteiger partial charge in [-0.25, -0.2) is 9.07 Å². The predicted molar refractivity (Wildman–Crippen MR) is 117 cm³/mol. The van der Waals surface area contributed by atoms with Gasteiger partial charge in [-0.15, -0.1) is 11.3 Å². The first kappa shape index (κ1) is 18.3. The van der Waals surface area contributed by atoms with Gasteiger partial charge in [-0.3, -0.25) is 4.79 Å². The van der Waals surface area contributed by atoms with Crippen molar-refractivity contribution in [3.05, 3.63) is 102 Å². The maximum Gasteiger partial charge on any atom is 0.272 e. The zero-order valence-corrected chi connectivity index (χ0v) is 16.6. The van der Waals surface area contributed by atoms with Crippen molar-refractivity contribution in [2.75, 3.05) is 5.32 Å². The fourth-order valence-corrected chi connectivity index (χ4v) is 4.29. The minimum atomic E-state index is -0.288. The number of nitrogens with one attached hydrogen (secondary N) is 1. The third kappa shape index (κ3) is 3.51. The Balaban J connectivity index is 1.42. The molecule has 5 nitrogen and oxygen atoms in total. The molecular weight excluding hydrogens is 399 g/mol. The fraction of sp³-hybridized carbons (Fsp3) is 0.0435. The Hall–Kier alpha value is -3.71. The Kier molecular flexibility index (Phi) is 4.65. The second kappa shape index (κ2) is 7.61. The first-order chi connectivity index (χ1) is 14.7. The van der Waals surface area contributed by atoms with Gasteiger partial charge in [0.25, 0.3) is 5.91 Å². The highest BCUT2D eigenvalue weighted by Gasteiger charge is 2.17. The standard InChI is InChI=1S/C23H17FN4OS/c24-17-4-1-3-16(13-17)15-27-20-9-12-30-22(20)14-21(27)23(29)26-18-5-7-19(8-6-18)28-11-2-10-25-28/h1-14H,15H2,(H,26,29). The van der Waals surface area contributed by atoms with Crippen LogP contribution in [0.15, 0.2) is 84.5 Å². The fourth-order valence-electron chi connectivity index (χ4n) is 3.47. The number of carbonyl (C=O) groups excluding carboxylic acids is 1. The molecule has 0 atom stereocenters. The highest BCUT2D eigenvalue weighted by molar-refractivity contribution is 7.17. The highest BCUT2D eigenvalue weighted by atomic mass is 32.1. The van der Waals surface area contributed by atoms with Gasteiger partial charge in [0.15, 0.2) is 0 Å². The molecule has 3 heterocycles. The largest absolute Gasteiger partial charge is 0.331 e. The number of nitrogens with zero attached hydrogens (tertiary/aromatic N) is 3. The minimum Gasteiger partial charge on any atom is -0.331 e. The van der Waals surface area contributed by atoms with Crippen LogP contribution in [-0.2, 0) is 6.54 Å². The van der Waals surface area contributed by atoms with E-state index in [1.54, 1.807) is 28.3 Å². The SMILES string of the molecule is O=C(Nc1ccc(-n2cccn2)cc1)c1cc2sccc2n1Cc1cccc(F)c1. The predicted octanol–water partition coefficient (Wildman–Crippen LogP) is 5.33. The van der Waals surface area contributed by atoms with Crippen molar-refractivity contribution >= 4 is 33.1 Å². The molecule has 148 valence electrons. The lowest BCUT2D eigenvalue weighted by molar-refractivity contribution is 0.101. The summed E-state index contributed by atoms with van der Waals surface area (Å²) in [6.45, 7) is 0.416. The van der Waals surface area contributed by atoms with E-state index in [-0.39, 0.29) is 11.7 Å². The molecule has 0 saturated carbocycles. The van der Waals surface area contributed by atoms with E-state index in [1.807, 2.05) is 64.7 Å². The van der Waals surface area contributed by atoms with Gasteiger partial charge in [0.1, 0.15) is 11.5 Å². The van der Waals surface area contributed by atoms with E-state index in [0.717, 1.165) is 21.5 Å². The van der Waals surface area contributed by atoms with Crippen LogP contribution in [0.3, 0.4) is 0 Å². The maximum atomic E-state index is 13.6. The molecule has 0 aliphatic heterocycles. The third-order valence-corrected chi connectivity index (χ3v) is 5.73. The lowest BCUT2D eigenvalue weighted by Crippen LogP contribution is -2.17. The van der Waals surface area contributed by atoms with Gasteiger partial charge in [-0.05, 0) is 65.5 Å². The van der Waals surface area contributed by atoms with Crippen LogP contribution in [0.5, 0.6) is 0 Å². The number of anilines is 1. The van der Waals surface area contributed by atoms with E-state index in [4.69, 9.17) is 0 Å². The van der Waals surface area contributed by atoms with Crippen molar-refractivity contribution in [2.45, 2.75) is 6.54 Å². The van der Waals surface area contributed by atoms with Crippen LogP contribution in [0.4, 0.5) is 10.1 Å². The van der Waals surface area contributed by atoms with E-state index in [9.17, 15) is 9.18 Å². The first-order valence-corrected chi connectivity index (χ1v) is 10.3. The maximum absolute atomic E-state index is 13.6. The normalized spacial score (nSPS) is 11.1. The molecule has 0 aliphatic carbocycles. The zero-order valence-electron chi connectivity index (χ0n) is 15.8. The van der Waals surface area contributed by atoms with Crippen molar-refractivity contribution in [2.24, 2.45) is 0 Å². The van der Waals surface area contributed by atoms with E-state index in [1.165, 1.54) is 12.1 Å². The number of aromatic nitrogens is 3. The third-order valence-electron chi connectivity index (χ3n) is 4.88. The molecule has 5 rings (SSSR count). The van der Waals surface area contributed by atoms with E-state index in [0.29, 0.717) is 17.9 Å². The smallest absolute Gasteiger partial charge is 0.272 e. The number of hydrogen-bond donors (Lipinski definition) is 1. The van der Waals surface area contributed by atoms with Crippen molar-refractivity contribution in [1.29, 1.82) is 0 Å². The molecule has 1 amide bonds. The summed E-state index contributed by atoms with van der Waals surface area (Å²) in [6, 6.07) is 19.6. The van der Waals surface area contributed by atoms with Crippen LogP contribution in [0.1, 0.15) is 16.1 Å². The number of rotatable bonds is 5. The summed E-state index contributed by atoms with van der Waals surface area (Å²) in [5.41, 5.74) is 3.91. The number of amides is 1. The average molecular weight is 416 g/mol. The number of benzene rings is 2. The molecule has 2 aromatic carbocycles. The molecule has 0 radical (unpaired) electrons. The van der Waals surface area contributed by atoms with Crippen LogP contribution in [0.2, 0.25) is 0 Å². The quantitative estimate of drug-likeness (QED) is 0.421. The summed E-state index contributed by atoms with van der Waals surface area (Å²) >= 11 is 1.58.